The molecule has 0 aromatic rings. The molecule has 0 fully saturated rings. The normalized spacial score (nSPS) is 13.4. The molecule has 1 amide bonds. The second kappa shape index (κ2) is 75.0. The van der Waals surface area contributed by atoms with Gasteiger partial charge in [-0.2, -0.15) is 0 Å². The Hall–Kier alpha value is -3.21. The molecule has 4 heteroatoms. The van der Waals surface area contributed by atoms with E-state index in [1.165, 1.54) is 263 Å². The van der Waals surface area contributed by atoms with Gasteiger partial charge in [0.05, 0.1) is 18.8 Å². The van der Waals surface area contributed by atoms with Crippen molar-refractivity contribution in [1.29, 1.82) is 0 Å². The van der Waals surface area contributed by atoms with Gasteiger partial charge in [0.1, 0.15) is 0 Å². The Kier molecular flexibility index (Phi) is 72.2. The van der Waals surface area contributed by atoms with Crippen LogP contribution >= 0.6 is 0 Å². The summed E-state index contributed by atoms with van der Waals surface area (Å²) in [5, 5.41) is 23.3. The molecule has 0 bridgehead atoms. The van der Waals surface area contributed by atoms with E-state index in [2.05, 4.69) is 129 Å². The summed E-state index contributed by atoms with van der Waals surface area (Å²) >= 11 is 0. The zero-order valence-electron chi connectivity index (χ0n) is 56.6. The topological polar surface area (TPSA) is 69.6 Å². The smallest absolute Gasteiger partial charge is 0.220 e. The summed E-state index contributed by atoms with van der Waals surface area (Å²) in [6.45, 7) is 4.21. The summed E-state index contributed by atoms with van der Waals surface area (Å²) in [6.07, 6.45) is 114. The fourth-order valence-corrected chi connectivity index (χ4v) is 11.1. The van der Waals surface area contributed by atoms with Crippen LogP contribution in [0.25, 0.3) is 0 Å². The molecule has 0 aromatic carbocycles. The first kappa shape index (κ1) is 81.8. The number of allylic oxidation sites excluding steroid dienone is 19. The van der Waals surface area contributed by atoms with E-state index < -0.39 is 12.1 Å². The number of unbranched alkanes of at least 4 members (excludes halogenated alkanes) is 43. The number of hydrogen-bond donors (Lipinski definition) is 3. The lowest BCUT2D eigenvalue weighted by molar-refractivity contribution is -0.123. The van der Waals surface area contributed by atoms with E-state index in [1.54, 1.807) is 6.08 Å². The second-order valence-electron chi connectivity index (χ2n) is 25.0. The van der Waals surface area contributed by atoms with Gasteiger partial charge in [0.15, 0.2) is 0 Å². The minimum Gasteiger partial charge on any atom is -0.394 e. The number of amides is 1. The lowest BCUT2D eigenvalue weighted by Crippen LogP contribution is -2.45. The molecule has 2 unspecified atom stereocenters. The molecule has 85 heavy (non-hydrogen) atoms. The molecule has 2 atom stereocenters. The first-order valence-corrected chi connectivity index (χ1v) is 37.2. The average Bonchev–Trinajstić information content (AvgIpc) is 3.51. The van der Waals surface area contributed by atoms with Crippen LogP contribution in [-0.2, 0) is 4.79 Å². The van der Waals surface area contributed by atoms with Crippen LogP contribution in [0.15, 0.2) is 122 Å². The third kappa shape index (κ3) is 71.4. The fraction of sp³-hybridized carbons (Fsp3) is 0.741. The molecule has 0 spiro atoms. The summed E-state index contributed by atoms with van der Waals surface area (Å²) in [6, 6.07) is -0.647. The number of aliphatic hydroxyl groups excluding tert-OH is 2. The van der Waals surface area contributed by atoms with E-state index in [1.807, 2.05) is 6.08 Å². The van der Waals surface area contributed by atoms with Crippen molar-refractivity contribution in [3.63, 3.8) is 0 Å². The summed E-state index contributed by atoms with van der Waals surface area (Å²) in [5.74, 6) is -0.0725. The van der Waals surface area contributed by atoms with Crippen LogP contribution < -0.4 is 5.32 Å². The zero-order chi connectivity index (χ0) is 61.2. The van der Waals surface area contributed by atoms with Crippen LogP contribution in [0, 0.1) is 0 Å². The van der Waals surface area contributed by atoms with Crippen molar-refractivity contribution in [1.82, 2.24) is 5.32 Å². The Morgan fingerprint density at radius 3 is 0.824 bits per heavy atom. The Balaban J connectivity index is 3.51. The number of carbonyl (C=O) groups excluding carboxylic acids is 1. The van der Waals surface area contributed by atoms with E-state index >= 15 is 0 Å². The summed E-state index contributed by atoms with van der Waals surface area (Å²) in [5.41, 5.74) is 0. The monoisotopic (exact) mass is 1180 g/mol. The molecule has 3 N–H and O–H groups in total. The van der Waals surface area contributed by atoms with E-state index in [-0.39, 0.29) is 12.5 Å². The molecule has 0 aliphatic heterocycles. The van der Waals surface area contributed by atoms with E-state index in [0.717, 1.165) is 83.5 Å². The number of carbonyl (C=O) groups is 1. The molecule has 0 aromatic heterocycles. The van der Waals surface area contributed by atoms with Crippen molar-refractivity contribution in [3.8, 4) is 0 Å². The minimum absolute atomic E-state index is 0.0725. The standard InChI is InChI=1S/C81H143NO3/c1-3-5-7-9-11-13-15-17-19-21-23-25-27-29-31-33-35-37-38-39-40-41-42-43-44-45-47-49-51-53-55-57-59-61-63-65-67-69-71-73-75-77-81(85)82-79(78-83)80(84)76-74-72-70-68-66-64-62-60-58-56-54-52-50-48-46-36-34-32-30-28-26-24-22-20-18-16-14-12-10-8-6-4-2/h5,7,11,13,17,19,23,25,29,31,35,37,39-40,42-43,66,68,74,76,79-80,83-84H,3-4,6,8-10,12,14-16,18,20-22,24,26-28,30,32-34,36,38,41,44-65,67,69-73,75,77-78H2,1-2H3,(H,82,85)/b7-5-,13-11-,19-17-,25-23-,31-29-,37-35-,40-39-,43-42-,68-66+,76-74+. The molecule has 0 aliphatic carbocycles. The molecule has 0 radical (unpaired) electrons. The number of rotatable bonds is 68. The van der Waals surface area contributed by atoms with Gasteiger partial charge in [0.25, 0.3) is 0 Å². The van der Waals surface area contributed by atoms with E-state index in [4.69, 9.17) is 0 Å². The van der Waals surface area contributed by atoms with Gasteiger partial charge in [0, 0.05) is 6.42 Å². The molecule has 0 saturated heterocycles. The van der Waals surface area contributed by atoms with Gasteiger partial charge in [0.2, 0.25) is 5.91 Å². The highest BCUT2D eigenvalue weighted by atomic mass is 16.3. The number of aliphatic hydroxyl groups is 2. The van der Waals surface area contributed by atoms with E-state index in [9.17, 15) is 15.0 Å². The quantitative estimate of drug-likeness (QED) is 0.0420. The SMILES string of the molecule is CC/C=C\C/C=C\C/C=C\C/C=C\C/C=C\C/C=C\C/C=C\C/C=C\CCCCCCCCCCCCCCCCCCC(=O)NC(CO)C(O)/C=C/CC/C=C/CCCCCCCCCCCCCCCCCCCCCCCCCCCC. The van der Waals surface area contributed by atoms with Crippen LogP contribution in [0.2, 0.25) is 0 Å². The first-order chi connectivity index (χ1) is 42.2. The summed E-state index contributed by atoms with van der Waals surface area (Å²) in [7, 11) is 0. The fourth-order valence-electron chi connectivity index (χ4n) is 11.1. The molecule has 4 nitrogen and oxygen atoms in total. The van der Waals surface area contributed by atoms with Gasteiger partial charge in [-0.05, 0) is 96.3 Å². The van der Waals surface area contributed by atoms with Crippen molar-refractivity contribution in [2.45, 2.75) is 379 Å². The molecule has 0 heterocycles. The highest BCUT2D eigenvalue weighted by Crippen LogP contribution is 2.18. The van der Waals surface area contributed by atoms with Gasteiger partial charge in [-0.25, -0.2) is 0 Å². The highest BCUT2D eigenvalue weighted by Gasteiger charge is 2.18. The van der Waals surface area contributed by atoms with Crippen LogP contribution in [0.3, 0.4) is 0 Å². The lowest BCUT2D eigenvalue weighted by Gasteiger charge is -2.19. The van der Waals surface area contributed by atoms with Crippen molar-refractivity contribution in [3.05, 3.63) is 122 Å². The number of hydrogen-bond acceptors (Lipinski definition) is 3. The van der Waals surface area contributed by atoms with Gasteiger partial charge in [-0.1, -0.05) is 386 Å². The molecular weight excluding hydrogens is 1030 g/mol. The molecule has 490 valence electrons. The highest BCUT2D eigenvalue weighted by molar-refractivity contribution is 5.76. The maximum Gasteiger partial charge on any atom is 0.220 e. The maximum absolute atomic E-state index is 12.6. The van der Waals surface area contributed by atoms with Crippen molar-refractivity contribution in [2.24, 2.45) is 0 Å². The van der Waals surface area contributed by atoms with Crippen LogP contribution in [0.5, 0.6) is 0 Å². The second-order valence-corrected chi connectivity index (χ2v) is 25.0. The molecule has 0 aliphatic rings. The third-order valence-electron chi connectivity index (χ3n) is 16.7. The molecule has 0 saturated carbocycles. The third-order valence-corrected chi connectivity index (χ3v) is 16.7. The van der Waals surface area contributed by atoms with Gasteiger partial charge in [-0.3, -0.25) is 4.79 Å². The lowest BCUT2D eigenvalue weighted by atomic mass is 10.0. The van der Waals surface area contributed by atoms with Crippen LogP contribution in [0.1, 0.15) is 367 Å². The Morgan fingerprint density at radius 1 is 0.294 bits per heavy atom. The summed E-state index contributed by atoms with van der Waals surface area (Å²) < 4.78 is 0. The Labute approximate surface area is 530 Å². The maximum atomic E-state index is 12.6. The number of nitrogens with one attached hydrogen (secondary N) is 1. The first-order valence-electron chi connectivity index (χ1n) is 37.2. The predicted octanol–water partition coefficient (Wildman–Crippen LogP) is 25.9. The van der Waals surface area contributed by atoms with Crippen LogP contribution in [-0.4, -0.2) is 34.9 Å². The van der Waals surface area contributed by atoms with Crippen molar-refractivity contribution < 1.29 is 15.0 Å². The Bertz CT molecular complexity index is 1620. The van der Waals surface area contributed by atoms with Gasteiger partial charge >= 0.3 is 0 Å². The zero-order valence-corrected chi connectivity index (χ0v) is 56.6. The average molecular weight is 1180 g/mol. The largest absolute Gasteiger partial charge is 0.394 e. The molecule has 0 rings (SSSR count). The summed E-state index contributed by atoms with van der Waals surface area (Å²) in [4.78, 5) is 12.6. The van der Waals surface area contributed by atoms with Crippen molar-refractivity contribution in [2.75, 3.05) is 6.61 Å². The minimum atomic E-state index is -0.870. The van der Waals surface area contributed by atoms with E-state index in [0.29, 0.717) is 6.42 Å². The Morgan fingerprint density at radius 2 is 0.529 bits per heavy atom. The predicted molar refractivity (Wildman–Crippen MR) is 382 cm³/mol. The van der Waals surface area contributed by atoms with Crippen molar-refractivity contribution >= 4 is 5.91 Å². The van der Waals surface area contributed by atoms with Gasteiger partial charge < -0.3 is 15.5 Å². The molecular formula is C81H143NO3. The van der Waals surface area contributed by atoms with Crippen LogP contribution in [0.4, 0.5) is 0 Å². The van der Waals surface area contributed by atoms with Gasteiger partial charge in [-0.15, -0.1) is 0 Å².